The number of hydrogen-bond acceptors (Lipinski definition) is 2. The Bertz CT molecular complexity index is 193. The van der Waals surface area contributed by atoms with E-state index in [4.69, 9.17) is 4.74 Å². The highest BCUT2D eigenvalue weighted by Crippen LogP contribution is 2.37. The van der Waals surface area contributed by atoms with Gasteiger partial charge in [-0.25, -0.2) is 4.76 Å². The first-order valence-electron chi connectivity index (χ1n) is 3.36. The van der Waals surface area contributed by atoms with Gasteiger partial charge in [-0.1, -0.05) is 6.30 Å². The van der Waals surface area contributed by atoms with Gasteiger partial charge in [-0.05, 0) is 20.4 Å². The normalized spacial score (nSPS) is 13.0. The van der Waals surface area contributed by atoms with Gasteiger partial charge in [-0.3, -0.25) is 0 Å². The zero-order chi connectivity index (χ0) is 9.07. The van der Waals surface area contributed by atoms with Crippen LogP contribution in [0.4, 0.5) is 0 Å². The fourth-order valence-corrected chi connectivity index (χ4v) is 1.27. The molecule has 0 heterocycles. The Morgan fingerprint density at radius 1 is 1.45 bits per heavy atom. The van der Waals surface area contributed by atoms with Gasteiger partial charge >= 0.3 is 0 Å². The van der Waals surface area contributed by atoms with Crippen molar-refractivity contribution in [3.8, 4) is 0 Å². The monoisotopic (exact) mass is 176 g/mol. The van der Waals surface area contributed by atoms with E-state index >= 15 is 0 Å². The molecule has 0 fully saturated rings. The van der Waals surface area contributed by atoms with Gasteiger partial charge in [0, 0.05) is 14.1 Å². The van der Waals surface area contributed by atoms with Crippen molar-refractivity contribution in [1.29, 1.82) is 0 Å². The molecule has 0 N–H and O–H groups in total. The Labute approximate surface area is 69.1 Å². The van der Waals surface area contributed by atoms with Crippen molar-refractivity contribution in [1.82, 2.24) is 4.90 Å². The number of nitrogens with zero attached hydrogens (tertiary/aromatic N) is 2. The molecule has 0 aromatic rings. The van der Waals surface area contributed by atoms with E-state index in [1.807, 2.05) is 32.3 Å². The average Bonchev–Trinajstić information content (AvgIpc) is 1.80. The van der Waals surface area contributed by atoms with Crippen LogP contribution in [0, 0.1) is 0 Å². The molecule has 0 bridgehead atoms. The summed E-state index contributed by atoms with van der Waals surface area (Å²) >= 11 is 0. The fraction of sp³-hybridized carbons (Fsp3) is 0.714. The molecule has 4 heteroatoms. The maximum absolute atomic E-state index is 5.05. The van der Waals surface area contributed by atoms with Crippen LogP contribution in [0.5, 0.6) is 0 Å². The Morgan fingerprint density at radius 2 is 1.91 bits per heavy atom. The number of ether oxygens (including phenoxy) is 1. The SMILES string of the molecule is C=P(C)(C)N=C(OC)N(C)C. The minimum Gasteiger partial charge on any atom is -0.468 e. The summed E-state index contributed by atoms with van der Waals surface area (Å²) in [5.74, 6) is 0. The molecule has 0 aliphatic rings. The molecule has 0 aliphatic carbocycles. The standard InChI is InChI=1S/C7H17N2OP/c1-9(2)7(10-3)8-11(4,5)6/h4H2,1-3,5-6H3. The molecule has 0 atom stereocenters. The van der Waals surface area contributed by atoms with E-state index in [-0.39, 0.29) is 0 Å². The minimum atomic E-state index is -1.37. The van der Waals surface area contributed by atoms with Gasteiger partial charge in [0.15, 0.2) is 0 Å². The van der Waals surface area contributed by atoms with Gasteiger partial charge in [0.1, 0.15) is 0 Å². The van der Waals surface area contributed by atoms with E-state index < -0.39 is 7.04 Å². The predicted molar refractivity (Wildman–Crippen MR) is 54.0 cm³/mol. The summed E-state index contributed by atoms with van der Waals surface area (Å²) < 4.78 is 9.40. The first-order chi connectivity index (χ1) is 4.87. The summed E-state index contributed by atoms with van der Waals surface area (Å²) in [4.78, 5) is 1.84. The van der Waals surface area contributed by atoms with E-state index in [0.29, 0.717) is 6.02 Å². The summed E-state index contributed by atoms with van der Waals surface area (Å²) in [5.41, 5.74) is 0. The molecular formula is C7H17N2OP. The molecule has 0 saturated carbocycles. The second kappa shape index (κ2) is 3.82. The quantitative estimate of drug-likeness (QED) is 0.340. The molecule has 3 nitrogen and oxygen atoms in total. The molecule has 66 valence electrons. The second-order valence-corrected chi connectivity index (χ2v) is 6.54. The lowest BCUT2D eigenvalue weighted by Crippen LogP contribution is -2.23. The van der Waals surface area contributed by atoms with Crippen LogP contribution in [0.25, 0.3) is 0 Å². The number of rotatable bonds is 1. The molecule has 0 radical (unpaired) electrons. The van der Waals surface area contributed by atoms with Crippen LogP contribution in [-0.4, -0.2) is 51.8 Å². The molecule has 11 heavy (non-hydrogen) atoms. The van der Waals surface area contributed by atoms with Gasteiger partial charge in [-0.2, -0.15) is 0 Å². The van der Waals surface area contributed by atoms with Crippen LogP contribution in [0.1, 0.15) is 0 Å². The zero-order valence-corrected chi connectivity index (χ0v) is 8.85. The van der Waals surface area contributed by atoms with Crippen molar-refractivity contribution >= 4 is 19.4 Å². The van der Waals surface area contributed by atoms with Crippen molar-refractivity contribution in [2.45, 2.75) is 0 Å². The van der Waals surface area contributed by atoms with Crippen LogP contribution >= 0.6 is 7.04 Å². The highest BCUT2D eigenvalue weighted by Gasteiger charge is 2.03. The number of amidine groups is 1. The molecule has 0 aromatic heterocycles. The topological polar surface area (TPSA) is 24.8 Å². The summed E-state index contributed by atoms with van der Waals surface area (Å²) in [6.07, 6.45) is 3.96. The second-order valence-electron chi connectivity index (χ2n) is 3.10. The Morgan fingerprint density at radius 3 is 2.00 bits per heavy atom. The van der Waals surface area contributed by atoms with Gasteiger partial charge < -0.3 is 9.64 Å². The van der Waals surface area contributed by atoms with Gasteiger partial charge in [0.05, 0.1) is 7.11 Å². The van der Waals surface area contributed by atoms with Crippen LogP contribution in [-0.2, 0) is 4.74 Å². The lowest BCUT2D eigenvalue weighted by atomic mass is 10.9. The third-order valence-electron chi connectivity index (χ3n) is 0.921. The molecular weight excluding hydrogens is 159 g/mol. The van der Waals surface area contributed by atoms with Gasteiger partial charge in [-0.15, -0.1) is 0 Å². The molecule has 0 aromatic carbocycles. The van der Waals surface area contributed by atoms with E-state index in [1.54, 1.807) is 7.11 Å². The molecule has 0 spiro atoms. The molecule has 0 aliphatic heterocycles. The van der Waals surface area contributed by atoms with E-state index in [9.17, 15) is 0 Å². The lowest BCUT2D eigenvalue weighted by Gasteiger charge is -2.16. The minimum absolute atomic E-state index is 0.651. The molecule has 0 rings (SSSR count). The highest BCUT2D eigenvalue weighted by molar-refractivity contribution is 7.71. The third-order valence-corrected chi connectivity index (χ3v) is 1.63. The average molecular weight is 176 g/mol. The lowest BCUT2D eigenvalue weighted by molar-refractivity contribution is 0.333. The maximum atomic E-state index is 5.05. The molecule has 0 saturated heterocycles. The predicted octanol–water partition coefficient (Wildman–Crippen LogP) is 1.17. The van der Waals surface area contributed by atoms with Crippen molar-refractivity contribution in [3.63, 3.8) is 0 Å². The summed E-state index contributed by atoms with van der Waals surface area (Å²) in [6.45, 7) is 4.07. The molecule has 0 unspecified atom stereocenters. The van der Waals surface area contributed by atoms with Crippen LogP contribution < -0.4 is 0 Å². The van der Waals surface area contributed by atoms with Crippen molar-refractivity contribution in [2.75, 3.05) is 34.5 Å². The zero-order valence-electron chi connectivity index (χ0n) is 7.96. The maximum Gasteiger partial charge on any atom is 0.290 e. The number of methoxy groups -OCH3 is 1. The third kappa shape index (κ3) is 4.91. The van der Waals surface area contributed by atoms with Crippen molar-refractivity contribution in [2.24, 2.45) is 4.76 Å². The fourth-order valence-electron chi connectivity index (χ4n) is 0.544. The van der Waals surface area contributed by atoms with Crippen LogP contribution in [0.15, 0.2) is 4.76 Å². The van der Waals surface area contributed by atoms with Crippen molar-refractivity contribution < 1.29 is 4.74 Å². The number of hydrogen-bond donors (Lipinski definition) is 0. The van der Waals surface area contributed by atoms with Crippen molar-refractivity contribution in [3.05, 3.63) is 0 Å². The Balaban J connectivity index is 4.50. The van der Waals surface area contributed by atoms with E-state index in [0.717, 1.165) is 0 Å². The van der Waals surface area contributed by atoms with Gasteiger partial charge in [0.25, 0.3) is 6.02 Å². The summed E-state index contributed by atoms with van der Waals surface area (Å²) in [7, 11) is 4.05. The largest absolute Gasteiger partial charge is 0.468 e. The summed E-state index contributed by atoms with van der Waals surface area (Å²) in [6, 6.07) is 0.651. The smallest absolute Gasteiger partial charge is 0.290 e. The highest BCUT2D eigenvalue weighted by atomic mass is 31.2. The first kappa shape index (κ1) is 10.6. The van der Waals surface area contributed by atoms with Crippen LogP contribution in [0.2, 0.25) is 0 Å². The first-order valence-corrected chi connectivity index (χ1v) is 6.19. The van der Waals surface area contributed by atoms with Crippen LogP contribution in [0.3, 0.4) is 0 Å². The molecule has 0 amide bonds. The summed E-state index contributed by atoms with van der Waals surface area (Å²) in [5, 5.41) is 0. The van der Waals surface area contributed by atoms with E-state index in [1.165, 1.54) is 0 Å². The Kier molecular flexibility index (Phi) is 3.67. The van der Waals surface area contributed by atoms with Gasteiger partial charge in [0.2, 0.25) is 0 Å². The Hall–Kier alpha value is -0.430. The van der Waals surface area contributed by atoms with E-state index in [2.05, 4.69) is 11.1 Å².